The number of carbonyl (C=O) groups is 1. The number of rotatable bonds is 6. The van der Waals surface area contributed by atoms with Crippen LogP contribution in [0.4, 0.5) is 4.79 Å². The monoisotopic (exact) mass is 280 g/mol. The summed E-state index contributed by atoms with van der Waals surface area (Å²) in [5.41, 5.74) is 0.771. The van der Waals surface area contributed by atoms with Gasteiger partial charge >= 0.3 is 6.03 Å². The van der Waals surface area contributed by atoms with Gasteiger partial charge in [-0.25, -0.2) is 4.79 Å². The van der Waals surface area contributed by atoms with Gasteiger partial charge in [0.25, 0.3) is 0 Å². The highest BCUT2D eigenvalue weighted by Gasteiger charge is 2.19. The molecule has 0 bridgehead atoms. The fraction of sp³-hybridized carbons (Fsp3) is 0.500. The SMILES string of the molecule is COc1cc([C@H](C)O)ccc1OCCN1CCNC1=O. The van der Waals surface area contributed by atoms with Crippen molar-refractivity contribution in [1.29, 1.82) is 0 Å². The second-order valence-electron chi connectivity index (χ2n) is 4.65. The average Bonchev–Trinajstić information content (AvgIpc) is 2.84. The molecule has 1 saturated heterocycles. The van der Waals surface area contributed by atoms with E-state index in [9.17, 15) is 9.90 Å². The Hall–Kier alpha value is -1.95. The number of aliphatic hydroxyl groups is 1. The Morgan fingerprint density at radius 2 is 2.25 bits per heavy atom. The molecular weight excluding hydrogens is 260 g/mol. The number of hydrogen-bond donors (Lipinski definition) is 2. The molecule has 2 amide bonds. The van der Waals surface area contributed by atoms with E-state index in [2.05, 4.69) is 5.32 Å². The fourth-order valence-corrected chi connectivity index (χ4v) is 2.05. The lowest BCUT2D eigenvalue weighted by Crippen LogP contribution is -2.31. The Bertz CT molecular complexity index is 476. The molecule has 1 aromatic carbocycles. The van der Waals surface area contributed by atoms with Gasteiger partial charge in [-0.2, -0.15) is 0 Å². The fourth-order valence-electron chi connectivity index (χ4n) is 2.05. The van der Waals surface area contributed by atoms with Gasteiger partial charge < -0.3 is 24.8 Å². The number of nitrogens with zero attached hydrogens (tertiary/aromatic N) is 1. The molecule has 20 heavy (non-hydrogen) atoms. The van der Waals surface area contributed by atoms with E-state index in [1.54, 1.807) is 37.1 Å². The van der Waals surface area contributed by atoms with E-state index >= 15 is 0 Å². The maximum Gasteiger partial charge on any atom is 0.317 e. The van der Waals surface area contributed by atoms with Crippen LogP contribution in [0.25, 0.3) is 0 Å². The van der Waals surface area contributed by atoms with Gasteiger partial charge in [-0.15, -0.1) is 0 Å². The summed E-state index contributed by atoms with van der Waals surface area (Å²) in [4.78, 5) is 13.1. The van der Waals surface area contributed by atoms with E-state index in [-0.39, 0.29) is 6.03 Å². The zero-order valence-electron chi connectivity index (χ0n) is 11.8. The molecule has 1 aliphatic rings. The molecule has 110 valence electrons. The standard InChI is InChI=1S/C14H20N2O4/c1-10(17)11-3-4-12(13(9-11)19-2)20-8-7-16-6-5-15-14(16)18/h3-4,9-10,17H,5-8H2,1-2H3,(H,15,18)/t10-/m0/s1. The lowest BCUT2D eigenvalue weighted by atomic mass is 10.1. The van der Waals surface area contributed by atoms with Gasteiger partial charge in [0.05, 0.1) is 19.8 Å². The van der Waals surface area contributed by atoms with Crippen molar-refractivity contribution in [1.82, 2.24) is 10.2 Å². The van der Waals surface area contributed by atoms with Gasteiger partial charge in [0.1, 0.15) is 6.61 Å². The zero-order chi connectivity index (χ0) is 14.5. The number of carbonyl (C=O) groups excluding carboxylic acids is 1. The number of ether oxygens (including phenoxy) is 2. The van der Waals surface area contributed by atoms with Gasteiger partial charge in [0, 0.05) is 13.1 Å². The first-order valence-electron chi connectivity index (χ1n) is 6.63. The molecule has 0 aromatic heterocycles. The largest absolute Gasteiger partial charge is 0.493 e. The summed E-state index contributed by atoms with van der Waals surface area (Å²) in [5.74, 6) is 1.19. The van der Waals surface area contributed by atoms with E-state index in [0.717, 1.165) is 5.56 Å². The third-order valence-electron chi connectivity index (χ3n) is 3.23. The predicted octanol–water partition coefficient (Wildman–Crippen LogP) is 1.15. The smallest absolute Gasteiger partial charge is 0.317 e. The van der Waals surface area contributed by atoms with Crippen molar-refractivity contribution in [3.63, 3.8) is 0 Å². The van der Waals surface area contributed by atoms with E-state index in [0.29, 0.717) is 37.7 Å². The van der Waals surface area contributed by atoms with Crippen LogP contribution in [0.15, 0.2) is 18.2 Å². The molecule has 1 aromatic rings. The Labute approximate surface area is 118 Å². The zero-order valence-corrected chi connectivity index (χ0v) is 11.8. The number of nitrogens with one attached hydrogen (secondary N) is 1. The van der Waals surface area contributed by atoms with Crippen LogP contribution >= 0.6 is 0 Å². The molecule has 2 N–H and O–H groups in total. The number of urea groups is 1. The van der Waals surface area contributed by atoms with Gasteiger partial charge in [-0.3, -0.25) is 0 Å². The van der Waals surface area contributed by atoms with Crippen LogP contribution in [-0.4, -0.2) is 49.4 Å². The predicted molar refractivity (Wildman–Crippen MR) is 74.1 cm³/mol. The minimum Gasteiger partial charge on any atom is -0.493 e. The van der Waals surface area contributed by atoms with Crippen LogP contribution in [0.5, 0.6) is 11.5 Å². The van der Waals surface area contributed by atoms with Crippen LogP contribution in [-0.2, 0) is 0 Å². The summed E-state index contributed by atoms with van der Waals surface area (Å²) < 4.78 is 10.9. The normalized spacial score (nSPS) is 15.9. The minimum atomic E-state index is -0.550. The first kappa shape index (κ1) is 14.5. The van der Waals surface area contributed by atoms with Crippen molar-refractivity contribution in [2.24, 2.45) is 0 Å². The van der Waals surface area contributed by atoms with Crippen molar-refractivity contribution in [3.8, 4) is 11.5 Å². The second kappa shape index (κ2) is 6.47. The number of benzene rings is 1. The molecule has 6 heteroatoms. The van der Waals surface area contributed by atoms with Crippen molar-refractivity contribution >= 4 is 6.03 Å². The van der Waals surface area contributed by atoms with Crippen molar-refractivity contribution in [3.05, 3.63) is 23.8 Å². The lowest BCUT2D eigenvalue weighted by molar-refractivity contribution is 0.196. The van der Waals surface area contributed by atoms with Crippen LogP contribution in [0.2, 0.25) is 0 Å². The summed E-state index contributed by atoms with van der Waals surface area (Å²) in [6.07, 6.45) is -0.550. The third kappa shape index (κ3) is 3.33. The van der Waals surface area contributed by atoms with Crippen molar-refractivity contribution < 1.29 is 19.4 Å². The molecule has 0 saturated carbocycles. The summed E-state index contributed by atoms with van der Waals surface area (Å²) in [7, 11) is 1.56. The number of aliphatic hydroxyl groups excluding tert-OH is 1. The molecule has 1 fully saturated rings. The first-order valence-corrected chi connectivity index (χ1v) is 6.63. The van der Waals surface area contributed by atoms with Crippen LogP contribution in [0.3, 0.4) is 0 Å². The molecular formula is C14H20N2O4. The molecule has 0 aliphatic carbocycles. The summed E-state index contributed by atoms with van der Waals surface area (Å²) in [5, 5.41) is 12.3. The molecule has 1 atom stereocenters. The summed E-state index contributed by atoms with van der Waals surface area (Å²) in [6, 6.07) is 5.27. The molecule has 0 radical (unpaired) electrons. The van der Waals surface area contributed by atoms with Gasteiger partial charge in [0.2, 0.25) is 0 Å². The van der Waals surface area contributed by atoms with Crippen molar-refractivity contribution in [2.45, 2.75) is 13.0 Å². The van der Waals surface area contributed by atoms with Gasteiger partial charge in [-0.05, 0) is 24.6 Å². The molecule has 6 nitrogen and oxygen atoms in total. The summed E-state index contributed by atoms with van der Waals surface area (Å²) in [6.45, 7) is 4.03. The first-order chi connectivity index (χ1) is 9.61. The number of amides is 2. The van der Waals surface area contributed by atoms with E-state index < -0.39 is 6.10 Å². The Balaban J connectivity index is 1.93. The van der Waals surface area contributed by atoms with Crippen LogP contribution in [0.1, 0.15) is 18.6 Å². The van der Waals surface area contributed by atoms with Crippen molar-refractivity contribution in [2.75, 3.05) is 33.4 Å². The van der Waals surface area contributed by atoms with E-state index in [4.69, 9.17) is 9.47 Å². The Kier molecular flexibility index (Phi) is 4.68. The highest BCUT2D eigenvalue weighted by Crippen LogP contribution is 2.30. The topological polar surface area (TPSA) is 71.0 Å². The van der Waals surface area contributed by atoms with Crippen LogP contribution in [0, 0.1) is 0 Å². The number of methoxy groups -OCH3 is 1. The molecule has 1 heterocycles. The average molecular weight is 280 g/mol. The van der Waals surface area contributed by atoms with Gasteiger partial charge in [-0.1, -0.05) is 6.07 Å². The molecule has 2 rings (SSSR count). The molecule has 1 aliphatic heterocycles. The quantitative estimate of drug-likeness (QED) is 0.820. The minimum absolute atomic E-state index is 0.0509. The van der Waals surface area contributed by atoms with Crippen LogP contribution < -0.4 is 14.8 Å². The Morgan fingerprint density at radius 3 is 2.85 bits per heavy atom. The molecule has 0 unspecified atom stereocenters. The van der Waals surface area contributed by atoms with E-state index in [1.165, 1.54) is 0 Å². The number of hydrogen-bond acceptors (Lipinski definition) is 4. The maximum atomic E-state index is 11.4. The summed E-state index contributed by atoms with van der Waals surface area (Å²) >= 11 is 0. The highest BCUT2D eigenvalue weighted by atomic mass is 16.5. The van der Waals surface area contributed by atoms with Gasteiger partial charge in [0.15, 0.2) is 11.5 Å². The maximum absolute atomic E-state index is 11.4. The van der Waals surface area contributed by atoms with E-state index in [1.807, 2.05) is 0 Å². The second-order valence-corrected chi connectivity index (χ2v) is 4.65. The molecule has 0 spiro atoms. The Morgan fingerprint density at radius 1 is 1.45 bits per heavy atom. The lowest BCUT2D eigenvalue weighted by Gasteiger charge is -2.16. The third-order valence-corrected chi connectivity index (χ3v) is 3.23. The highest BCUT2D eigenvalue weighted by molar-refractivity contribution is 5.76.